The number of anilines is 2. The lowest BCUT2D eigenvalue weighted by Gasteiger charge is -2.35. The molecule has 2 heterocycles. The zero-order valence-corrected chi connectivity index (χ0v) is 12.5. The molecule has 0 spiro atoms. The molecule has 1 saturated heterocycles. The lowest BCUT2D eigenvalue weighted by atomic mass is 10.3. The molecule has 2 atom stereocenters. The van der Waals surface area contributed by atoms with Crippen LogP contribution in [0.4, 0.5) is 16.2 Å². The van der Waals surface area contributed by atoms with Gasteiger partial charge in [0.2, 0.25) is 5.95 Å². The first kappa shape index (κ1) is 14.4. The first-order valence-electron chi connectivity index (χ1n) is 6.77. The smallest absolute Gasteiger partial charge is 0.224 e. The van der Waals surface area contributed by atoms with Gasteiger partial charge in [-0.25, -0.2) is 9.37 Å². The third kappa shape index (κ3) is 3.72. The molecule has 0 radical (unpaired) electrons. The minimum Gasteiger partial charge on any atom is -0.354 e. The van der Waals surface area contributed by atoms with Gasteiger partial charge in [0.25, 0.3) is 0 Å². The molecular formula is C13H21FN4S. The monoisotopic (exact) mass is 284 g/mol. The van der Waals surface area contributed by atoms with Gasteiger partial charge in [0.05, 0.1) is 6.20 Å². The predicted octanol–water partition coefficient (Wildman–Crippen LogP) is 2.77. The first-order valence-corrected chi connectivity index (χ1v) is 7.71. The molecular weight excluding hydrogens is 263 g/mol. The Kier molecular flexibility index (Phi) is 4.85. The van der Waals surface area contributed by atoms with Crippen LogP contribution in [-0.4, -0.2) is 40.1 Å². The largest absolute Gasteiger partial charge is 0.354 e. The summed E-state index contributed by atoms with van der Waals surface area (Å²) in [5, 5.41) is 4.08. The van der Waals surface area contributed by atoms with Crippen molar-refractivity contribution in [1.29, 1.82) is 0 Å². The van der Waals surface area contributed by atoms with Gasteiger partial charge in [-0.1, -0.05) is 20.8 Å². The van der Waals surface area contributed by atoms with Crippen molar-refractivity contribution in [2.45, 2.75) is 37.7 Å². The fourth-order valence-corrected chi connectivity index (χ4v) is 3.58. The van der Waals surface area contributed by atoms with Crippen molar-refractivity contribution in [3.05, 3.63) is 12.0 Å². The number of hydrogen-bond acceptors (Lipinski definition) is 5. The Bertz CT molecular complexity index is 419. The van der Waals surface area contributed by atoms with E-state index in [0.29, 0.717) is 22.3 Å². The number of aromatic nitrogens is 2. The molecule has 6 heteroatoms. The number of nitrogens with one attached hydrogen (secondary N) is 1. The summed E-state index contributed by atoms with van der Waals surface area (Å²) in [6.45, 7) is 8.87. The second-order valence-electron chi connectivity index (χ2n) is 4.95. The van der Waals surface area contributed by atoms with E-state index < -0.39 is 0 Å². The summed E-state index contributed by atoms with van der Waals surface area (Å²) < 4.78 is 13.9. The maximum Gasteiger partial charge on any atom is 0.224 e. The van der Waals surface area contributed by atoms with Crippen molar-refractivity contribution < 1.29 is 4.39 Å². The van der Waals surface area contributed by atoms with Gasteiger partial charge in [-0.3, -0.25) is 0 Å². The summed E-state index contributed by atoms with van der Waals surface area (Å²) in [5.41, 5.74) is 0. The Morgan fingerprint density at radius 1 is 1.42 bits per heavy atom. The molecule has 0 amide bonds. The second-order valence-corrected chi connectivity index (χ2v) is 6.84. The van der Waals surface area contributed by atoms with Gasteiger partial charge in [0, 0.05) is 30.1 Å². The van der Waals surface area contributed by atoms with Gasteiger partial charge < -0.3 is 10.2 Å². The van der Waals surface area contributed by atoms with E-state index in [2.05, 4.69) is 36.1 Å². The highest BCUT2D eigenvalue weighted by molar-refractivity contribution is 8.00. The minimum atomic E-state index is -0.339. The quantitative estimate of drug-likeness (QED) is 0.920. The average Bonchev–Trinajstić information content (AvgIpc) is 2.36. The van der Waals surface area contributed by atoms with E-state index in [1.807, 2.05) is 16.7 Å². The standard InChI is InChI=1S/C13H21FN4S/c1-4-5-15-13-16-6-11(14)12(17-13)18-7-9(2)19-10(3)8-18/h6,9-10H,4-5,7-8H2,1-3H3,(H,15,16,17). The molecule has 106 valence electrons. The van der Waals surface area contributed by atoms with Crippen LogP contribution in [0.1, 0.15) is 27.2 Å². The van der Waals surface area contributed by atoms with E-state index in [1.54, 1.807) is 0 Å². The molecule has 1 aliphatic rings. The molecule has 0 aliphatic carbocycles. The van der Waals surface area contributed by atoms with Crippen LogP contribution in [0, 0.1) is 5.82 Å². The highest BCUT2D eigenvalue weighted by atomic mass is 32.2. The normalized spacial score (nSPS) is 23.5. The molecule has 2 rings (SSSR count). The summed E-state index contributed by atoms with van der Waals surface area (Å²) in [6, 6.07) is 0. The predicted molar refractivity (Wildman–Crippen MR) is 79.5 cm³/mol. The van der Waals surface area contributed by atoms with Crippen molar-refractivity contribution in [2.75, 3.05) is 29.9 Å². The highest BCUT2D eigenvalue weighted by Gasteiger charge is 2.25. The van der Waals surface area contributed by atoms with Gasteiger partial charge in [0.15, 0.2) is 11.6 Å². The second kappa shape index (κ2) is 6.41. The Balaban J connectivity index is 2.17. The number of rotatable bonds is 4. The van der Waals surface area contributed by atoms with E-state index >= 15 is 0 Å². The van der Waals surface area contributed by atoms with Crippen molar-refractivity contribution in [2.24, 2.45) is 0 Å². The number of nitrogens with zero attached hydrogens (tertiary/aromatic N) is 3. The van der Waals surface area contributed by atoms with Crippen LogP contribution in [0.25, 0.3) is 0 Å². The molecule has 2 unspecified atom stereocenters. The number of hydrogen-bond donors (Lipinski definition) is 1. The molecule has 1 aromatic rings. The summed E-state index contributed by atoms with van der Waals surface area (Å²) in [4.78, 5) is 10.3. The summed E-state index contributed by atoms with van der Waals surface area (Å²) in [6.07, 6.45) is 2.25. The van der Waals surface area contributed by atoms with E-state index in [0.717, 1.165) is 26.1 Å². The summed E-state index contributed by atoms with van der Waals surface area (Å²) in [5.74, 6) is 0.595. The Morgan fingerprint density at radius 2 is 2.11 bits per heavy atom. The van der Waals surface area contributed by atoms with Crippen LogP contribution >= 0.6 is 11.8 Å². The van der Waals surface area contributed by atoms with Crippen molar-refractivity contribution >= 4 is 23.5 Å². The molecule has 0 aromatic carbocycles. The summed E-state index contributed by atoms with van der Waals surface area (Å²) >= 11 is 1.94. The van der Waals surface area contributed by atoms with E-state index in [1.165, 1.54) is 6.20 Å². The lowest BCUT2D eigenvalue weighted by Crippen LogP contribution is -2.41. The van der Waals surface area contributed by atoms with Crippen LogP contribution in [0.15, 0.2) is 6.20 Å². The van der Waals surface area contributed by atoms with Gasteiger partial charge in [-0.2, -0.15) is 16.7 Å². The average molecular weight is 284 g/mol. The van der Waals surface area contributed by atoms with Crippen molar-refractivity contribution in [3.8, 4) is 0 Å². The van der Waals surface area contributed by atoms with E-state index in [4.69, 9.17) is 0 Å². The molecule has 4 nitrogen and oxygen atoms in total. The Hall–Kier alpha value is -1.04. The molecule has 1 aromatic heterocycles. The Morgan fingerprint density at radius 3 is 2.74 bits per heavy atom. The van der Waals surface area contributed by atoms with Gasteiger partial charge in [-0.05, 0) is 6.42 Å². The highest BCUT2D eigenvalue weighted by Crippen LogP contribution is 2.29. The van der Waals surface area contributed by atoms with Crippen LogP contribution in [-0.2, 0) is 0 Å². The third-order valence-corrected chi connectivity index (χ3v) is 4.21. The SMILES string of the molecule is CCCNc1ncc(F)c(N2CC(C)SC(C)C2)n1. The maximum atomic E-state index is 13.9. The van der Waals surface area contributed by atoms with Crippen molar-refractivity contribution in [1.82, 2.24) is 9.97 Å². The number of thioether (sulfide) groups is 1. The van der Waals surface area contributed by atoms with E-state index in [-0.39, 0.29) is 5.82 Å². The fraction of sp³-hybridized carbons (Fsp3) is 0.692. The lowest BCUT2D eigenvalue weighted by molar-refractivity contribution is 0.596. The van der Waals surface area contributed by atoms with Crippen LogP contribution < -0.4 is 10.2 Å². The van der Waals surface area contributed by atoms with E-state index in [9.17, 15) is 4.39 Å². The topological polar surface area (TPSA) is 41.1 Å². The molecule has 1 N–H and O–H groups in total. The molecule has 0 saturated carbocycles. The van der Waals surface area contributed by atoms with Gasteiger partial charge in [0.1, 0.15) is 0 Å². The maximum absolute atomic E-state index is 13.9. The molecule has 19 heavy (non-hydrogen) atoms. The van der Waals surface area contributed by atoms with Gasteiger partial charge >= 0.3 is 0 Å². The zero-order chi connectivity index (χ0) is 13.8. The fourth-order valence-electron chi connectivity index (χ4n) is 2.25. The first-order chi connectivity index (χ1) is 9.10. The molecule has 1 aliphatic heterocycles. The molecule has 0 bridgehead atoms. The van der Waals surface area contributed by atoms with Crippen LogP contribution in [0.2, 0.25) is 0 Å². The van der Waals surface area contributed by atoms with Crippen LogP contribution in [0.3, 0.4) is 0 Å². The third-order valence-electron chi connectivity index (χ3n) is 2.98. The minimum absolute atomic E-state index is 0.339. The Labute approximate surface area is 118 Å². The summed E-state index contributed by atoms with van der Waals surface area (Å²) in [7, 11) is 0. The van der Waals surface area contributed by atoms with Crippen molar-refractivity contribution in [3.63, 3.8) is 0 Å². The van der Waals surface area contributed by atoms with Gasteiger partial charge in [-0.15, -0.1) is 0 Å². The van der Waals surface area contributed by atoms with Crippen LogP contribution in [0.5, 0.6) is 0 Å². The molecule has 1 fully saturated rings. The zero-order valence-electron chi connectivity index (χ0n) is 11.7. The number of halogens is 1.